The van der Waals surface area contributed by atoms with Crippen molar-refractivity contribution in [3.63, 3.8) is 0 Å². The maximum Gasteiger partial charge on any atom is 0.258 e. The summed E-state index contributed by atoms with van der Waals surface area (Å²) >= 11 is 0. The molecular weight excluding hydrogens is 266 g/mol. The van der Waals surface area contributed by atoms with Crippen molar-refractivity contribution in [1.29, 1.82) is 0 Å². The van der Waals surface area contributed by atoms with Crippen LogP contribution in [0.2, 0.25) is 0 Å². The van der Waals surface area contributed by atoms with Crippen LogP contribution in [0, 0.1) is 6.92 Å². The van der Waals surface area contributed by atoms with Crippen LogP contribution in [0.1, 0.15) is 16.7 Å². The predicted molar refractivity (Wildman–Crippen MR) is 69.5 cm³/mol. The van der Waals surface area contributed by atoms with Crippen molar-refractivity contribution in [2.24, 2.45) is 5.73 Å². The number of hydrogen-bond donors (Lipinski definition) is 3. The molecule has 0 aliphatic rings. The van der Waals surface area contributed by atoms with E-state index in [4.69, 9.17) is 5.73 Å². The zero-order valence-corrected chi connectivity index (χ0v) is 11.2. The molecule has 0 aromatic carbocycles. The van der Waals surface area contributed by atoms with Crippen LogP contribution in [0.4, 0.5) is 0 Å². The number of pyridine rings is 1. The number of nitrogens with two attached hydrogens (primary N) is 1. The molecular formula is C11H15N5O2S. The van der Waals surface area contributed by atoms with E-state index in [0.29, 0.717) is 5.56 Å². The smallest absolute Gasteiger partial charge is 0.258 e. The molecule has 0 fully saturated rings. The first kappa shape index (κ1) is 13.7. The lowest BCUT2D eigenvalue weighted by atomic mass is 10.2. The van der Waals surface area contributed by atoms with Crippen LogP contribution < -0.4 is 10.5 Å². The minimum absolute atomic E-state index is 0.0155. The maximum absolute atomic E-state index is 12.1. The van der Waals surface area contributed by atoms with E-state index in [9.17, 15) is 8.42 Å². The van der Waals surface area contributed by atoms with Crippen LogP contribution >= 0.6 is 0 Å². The number of aromatic nitrogens is 3. The van der Waals surface area contributed by atoms with Gasteiger partial charge < -0.3 is 5.73 Å². The molecule has 0 aliphatic heterocycles. The van der Waals surface area contributed by atoms with E-state index in [-0.39, 0.29) is 18.1 Å². The van der Waals surface area contributed by atoms with Crippen LogP contribution in [0.3, 0.4) is 0 Å². The Bertz CT molecular complexity index is 665. The first-order valence-corrected chi connectivity index (χ1v) is 7.14. The molecule has 2 aromatic heterocycles. The predicted octanol–water partition coefficient (Wildman–Crippen LogP) is 0.0503. The quantitative estimate of drug-likeness (QED) is 0.716. The van der Waals surface area contributed by atoms with Gasteiger partial charge in [0.2, 0.25) is 0 Å². The van der Waals surface area contributed by atoms with Gasteiger partial charge in [-0.2, -0.15) is 5.10 Å². The highest BCUT2D eigenvalue weighted by Gasteiger charge is 2.19. The van der Waals surface area contributed by atoms with Gasteiger partial charge in [-0.25, -0.2) is 13.1 Å². The monoisotopic (exact) mass is 281 g/mol. The zero-order valence-electron chi connectivity index (χ0n) is 10.4. The summed E-state index contributed by atoms with van der Waals surface area (Å²) in [6, 6.07) is 1.77. The third-order valence-electron chi connectivity index (χ3n) is 2.76. The van der Waals surface area contributed by atoms with E-state index in [1.165, 1.54) is 6.20 Å². The molecule has 102 valence electrons. The van der Waals surface area contributed by atoms with Crippen molar-refractivity contribution in [1.82, 2.24) is 19.9 Å². The first-order chi connectivity index (χ1) is 9.04. The highest BCUT2D eigenvalue weighted by molar-refractivity contribution is 7.89. The van der Waals surface area contributed by atoms with Crippen molar-refractivity contribution >= 4 is 10.0 Å². The molecule has 0 atom stereocenters. The number of aryl methyl sites for hydroxylation is 1. The zero-order chi connectivity index (χ0) is 13.9. The van der Waals surface area contributed by atoms with Crippen LogP contribution in [0.15, 0.2) is 29.7 Å². The number of nitrogens with zero attached hydrogens (tertiary/aromatic N) is 2. The standard InChI is InChI=1S/C11H15N5O2S/c1-8-5-13-3-2-9(8)7-15-19(17,18)11-10(4-12)6-14-16-11/h2-3,5-6,15H,4,7,12H2,1H3,(H,14,16). The van der Waals surface area contributed by atoms with Crippen LogP contribution in [0.25, 0.3) is 0 Å². The van der Waals surface area contributed by atoms with E-state index >= 15 is 0 Å². The van der Waals surface area contributed by atoms with Gasteiger partial charge in [0, 0.05) is 31.0 Å². The average Bonchev–Trinajstić information content (AvgIpc) is 2.87. The number of aromatic amines is 1. The van der Waals surface area contributed by atoms with Crippen molar-refractivity contribution in [2.75, 3.05) is 0 Å². The molecule has 0 saturated carbocycles. The van der Waals surface area contributed by atoms with Gasteiger partial charge in [-0.05, 0) is 24.1 Å². The molecule has 8 heteroatoms. The highest BCUT2D eigenvalue weighted by atomic mass is 32.2. The Balaban J connectivity index is 2.17. The molecule has 2 heterocycles. The van der Waals surface area contributed by atoms with Crippen LogP contribution in [-0.2, 0) is 23.1 Å². The summed E-state index contributed by atoms with van der Waals surface area (Å²) in [6.07, 6.45) is 4.72. The SMILES string of the molecule is Cc1cnccc1CNS(=O)(=O)c1[nH]ncc1CN. The third kappa shape index (κ3) is 2.98. The molecule has 4 N–H and O–H groups in total. The second-order valence-corrected chi connectivity index (χ2v) is 5.76. The maximum atomic E-state index is 12.1. The van der Waals surface area contributed by atoms with E-state index in [2.05, 4.69) is 19.9 Å². The number of hydrogen-bond acceptors (Lipinski definition) is 5. The molecule has 2 aromatic rings. The Kier molecular flexibility index (Phi) is 3.93. The Labute approximate surface area is 111 Å². The first-order valence-electron chi connectivity index (χ1n) is 5.66. The average molecular weight is 281 g/mol. The molecule has 0 radical (unpaired) electrons. The van der Waals surface area contributed by atoms with Gasteiger partial charge >= 0.3 is 0 Å². The summed E-state index contributed by atoms with van der Waals surface area (Å²) in [4.78, 5) is 3.96. The van der Waals surface area contributed by atoms with Crippen molar-refractivity contribution in [3.8, 4) is 0 Å². The van der Waals surface area contributed by atoms with E-state index in [0.717, 1.165) is 11.1 Å². The number of rotatable bonds is 5. The molecule has 0 bridgehead atoms. The lowest BCUT2D eigenvalue weighted by Crippen LogP contribution is -2.25. The fourth-order valence-corrected chi connectivity index (χ4v) is 2.77. The van der Waals surface area contributed by atoms with Gasteiger partial charge in [-0.15, -0.1) is 0 Å². The van der Waals surface area contributed by atoms with Gasteiger partial charge in [0.1, 0.15) is 0 Å². The summed E-state index contributed by atoms with van der Waals surface area (Å²) in [6.45, 7) is 2.18. The Morgan fingerprint density at radius 1 is 1.37 bits per heavy atom. The topological polar surface area (TPSA) is 114 Å². The van der Waals surface area contributed by atoms with Crippen molar-refractivity contribution in [2.45, 2.75) is 25.0 Å². The lowest BCUT2D eigenvalue weighted by molar-refractivity contribution is 0.575. The molecule has 7 nitrogen and oxygen atoms in total. The summed E-state index contributed by atoms with van der Waals surface area (Å²) in [5.41, 5.74) is 7.71. The van der Waals surface area contributed by atoms with E-state index in [1.54, 1.807) is 18.5 Å². The Morgan fingerprint density at radius 3 is 2.84 bits per heavy atom. The summed E-state index contributed by atoms with van der Waals surface area (Å²) < 4.78 is 26.7. The Morgan fingerprint density at radius 2 is 2.16 bits per heavy atom. The second-order valence-electron chi connectivity index (χ2n) is 4.06. The molecule has 19 heavy (non-hydrogen) atoms. The van der Waals surface area contributed by atoms with Crippen LogP contribution in [-0.4, -0.2) is 23.6 Å². The van der Waals surface area contributed by atoms with Gasteiger partial charge in [-0.3, -0.25) is 10.1 Å². The van der Waals surface area contributed by atoms with Gasteiger partial charge in [0.05, 0.1) is 6.20 Å². The largest absolute Gasteiger partial charge is 0.326 e. The lowest BCUT2D eigenvalue weighted by Gasteiger charge is -2.08. The molecule has 0 unspecified atom stereocenters. The minimum atomic E-state index is -3.64. The summed E-state index contributed by atoms with van der Waals surface area (Å²) in [5, 5.41) is 6.17. The Hall–Kier alpha value is -1.77. The number of sulfonamides is 1. The fourth-order valence-electron chi connectivity index (χ4n) is 1.62. The van der Waals surface area contributed by atoms with Gasteiger partial charge in [0.25, 0.3) is 10.0 Å². The third-order valence-corrected chi connectivity index (χ3v) is 4.17. The highest BCUT2D eigenvalue weighted by Crippen LogP contribution is 2.12. The van der Waals surface area contributed by atoms with Crippen molar-refractivity contribution in [3.05, 3.63) is 41.3 Å². The second kappa shape index (κ2) is 5.47. The minimum Gasteiger partial charge on any atom is -0.326 e. The fraction of sp³-hybridized carbons (Fsp3) is 0.273. The molecule has 2 rings (SSSR count). The molecule has 0 amide bonds. The van der Waals surface area contributed by atoms with Crippen LogP contribution in [0.5, 0.6) is 0 Å². The van der Waals surface area contributed by atoms with Gasteiger partial charge in [-0.1, -0.05) is 0 Å². The summed E-state index contributed by atoms with van der Waals surface area (Å²) in [5.74, 6) is 0. The molecule has 0 saturated heterocycles. The van der Waals surface area contributed by atoms with E-state index < -0.39 is 10.0 Å². The normalized spacial score (nSPS) is 11.7. The number of nitrogens with one attached hydrogen (secondary N) is 2. The summed E-state index contributed by atoms with van der Waals surface area (Å²) in [7, 11) is -3.64. The number of H-pyrrole nitrogens is 1. The molecule has 0 spiro atoms. The van der Waals surface area contributed by atoms with Gasteiger partial charge in [0.15, 0.2) is 5.03 Å². The molecule has 0 aliphatic carbocycles. The van der Waals surface area contributed by atoms with E-state index in [1.807, 2.05) is 6.92 Å². The van der Waals surface area contributed by atoms with Crippen molar-refractivity contribution < 1.29 is 8.42 Å².